The fraction of sp³-hybridized carbons (Fsp3) is 0.125. The Morgan fingerprint density at radius 3 is 2.36 bits per heavy atom. The first-order valence-corrected chi connectivity index (χ1v) is 11.5. The number of hydrogen-bond donors (Lipinski definition) is 2. The minimum atomic E-state index is -3.85. The van der Waals surface area contributed by atoms with Crippen LogP contribution in [0.4, 0.5) is 8.78 Å². The second-order valence-electron chi connectivity index (χ2n) is 7.48. The summed E-state index contributed by atoms with van der Waals surface area (Å²) >= 11 is 0. The largest absolute Gasteiger partial charge is 0.451 e. The second kappa shape index (κ2) is 9.13. The van der Waals surface area contributed by atoms with E-state index in [1.807, 2.05) is 0 Å². The topological polar surface area (TPSA) is 88.4 Å². The fourth-order valence-electron chi connectivity index (χ4n) is 3.40. The number of fused-ring (bicyclic) bond motifs is 1. The van der Waals surface area contributed by atoms with Gasteiger partial charge in [-0.1, -0.05) is 24.3 Å². The van der Waals surface area contributed by atoms with Crippen LogP contribution in [0.25, 0.3) is 11.0 Å². The summed E-state index contributed by atoms with van der Waals surface area (Å²) in [5.41, 5.74) is 1.95. The van der Waals surface area contributed by atoms with Gasteiger partial charge in [-0.05, 0) is 60.5 Å². The summed E-state index contributed by atoms with van der Waals surface area (Å²) in [6.07, 6.45) is 0. The number of sulfonamides is 1. The Hall–Kier alpha value is -3.56. The zero-order valence-electron chi connectivity index (χ0n) is 17.6. The van der Waals surface area contributed by atoms with Crippen LogP contribution in [0.1, 0.15) is 27.2 Å². The third kappa shape index (κ3) is 5.10. The summed E-state index contributed by atoms with van der Waals surface area (Å²) in [4.78, 5) is 12.6. The first-order chi connectivity index (χ1) is 15.7. The molecule has 0 saturated carbocycles. The van der Waals surface area contributed by atoms with E-state index < -0.39 is 27.6 Å². The summed E-state index contributed by atoms with van der Waals surface area (Å²) in [7, 11) is -3.85. The number of halogens is 2. The lowest BCUT2D eigenvalue weighted by Crippen LogP contribution is -2.25. The maximum absolute atomic E-state index is 13.5. The van der Waals surface area contributed by atoms with Gasteiger partial charge in [-0.2, -0.15) is 0 Å². The zero-order chi connectivity index (χ0) is 23.6. The van der Waals surface area contributed by atoms with Crippen molar-refractivity contribution in [1.82, 2.24) is 10.0 Å². The predicted molar refractivity (Wildman–Crippen MR) is 119 cm³/mol. The van der Waals surface area contributed by atoms with Gasteiger partial charge in [-0.25, -0.2) is 21.9 Å². The zero-order valence-corrected chi connectivity index (χ0v) is 18.4. The Balaban J connectivity index is 1.44. The molecule has 33 heavy (non-hydrogen) atoms. The van der Waals surface area contributed by atoms with Crippen molar-refractivity contribution in [2.75, 3.05) is 0 Å². The molecule has 0 aliphatic heterocycles. The van der Waals surface area contributed by atoms with Crippen LogP contribution in [0.3, 0.4) is 0 Å². The van der Waals surface area contributed by atoms with E-state index in [-0.39, 0.29) is 23.7 Å². The molecule has 1 heterocycles. The Bertz CT molecular complexity index is 1450. The quantitative estimate of drug-likeness (QED) is 0.418. The molecular weight excluding hydrogens is 450 g/mol. The lowest BCUT2D eigenvalue weighted by atomic mass is 10.1. The summed E-state index contributed by atoms with van der Waals surface area (Å²) < 4.78 is 60.1. The minimum absolute atomic E-state index is 0.0149. The number of nitrogens with one attached hydrogen (secondary N) is 2. The molecule has 2 N–H and O–H groups in total. The van der Waals surface area contributed by atoms with Crippen molar-refractivity contribution < 1.29 is 26.4 Å². The first kappa shape index (κ1) is 22.6. The van der Waals surface area contributed by atoms with Gasteiger partial charge in [-0.15, -0.1) is 0 Å². The van der Waals surface area contributed by atoms with Gasteiger partial charge in [0.2, 0.25) is 10.0 Å². The molecule has 6 nitrogen and oxygen atoms in total. The number of aryl methyl sites for hydroxylation is 1. The maximum atomic E-state index is 13.5. The number of furan rings is 1. The number of amides is 1. The normalized spacial score (nSPS) is 11.6. The average molecular weight is 470 g/mol. The lowest BCUT2D eigenvalue weighted by Gasteiger charge is -2.09. The van der Waals surface area contributed by atoms with Crippen molar-refractivity contribution in [2.24, 2.45) is 0 Å². The third-order valence-electron chi connectivity index (χ3n) is 5.12. The molecule has 4 rings (SSSR count). The highest BCUT2D eigenvalue weighted by Gasteiger charge is 2.19. The lowest BCUT2D eigenvalue weighted by molar-refractivity contribution is 0.0924. The van der Waals surface area contributed by atoms with E-state index in [0.717, 1.165) is 0 Å². The summed E-state index contributed by atoms with van der Waals surface area (Å²) in [6.45, 7) is 1.65. The Morgan fingerprint density at radius 1 is 0.909 bits per heavy atom. The van der Waals surface area contributed by atoms with Gasteiger partial charge in [-0.3, -0.25) is 4.79 Å². The summed E-state index contributed by atoms with van der Waals surface area (Å²) in [5.74, 6) is -1.31. The summed E-state index contributed by atoms with van der Waals surface area (Å²) in [6, 6.07) is 15.8. The SMILES string of the molecule is Cc1c(C(=O)NCc2cccc(S(=O)(=O)NCc3cccc(F)c3)c2)oc2ccc(F)cc12. The maximum Gasteiger partial charge on any atom is 0.287 e. The Morgan fingerprint density at radius 2 is 1.61 bits per heavy atom. The van der Waals surface area contributed by atoms with Crippen LogP contribution in [0.2, 0.25) is 0 Å². The van der Waals surface area contributed by atoms with E-state index in [1.54, 1.807) is 25.1 Å². The Kier molecular flexibility index (Phi) is 6.26. The molecule has 0 aliphatic carbocycles. The van der Waals surface area contributed by atoms with E-state index >= 15 is 0 Å². The molecule has 0 radical (unpaired) electrons. The van der Waals surface area contributed by atoms with Crippen LogP contribution in [0.15, 0.2) is 76.0 Å². The van der Waals surface area contributed by atoms with Crippen LogP contribution in [-0.2, 0) is 23.1 Å². The van der Waals surface area contributed by atoms with Crippen molar-refractivity contribution in [3.05, 3.63) is 101 Å². The Labute approximate surface area is 189 Å². The van der Waals surface area contributed by atoms with Crippen molar-refractivity contribution >= 4 is 26.9 Å². The van der Waals surface area contributed by atoms with Gasteiger partial charge in [0.15, 0.2) is 5.76 Å². The number of rotatable bonds is 7. The van der Waals surface area contributed by atoms with E-state index in [9.17, 15) is 22.0 Å². The molecule has 0 spiro atoms. The number of carbonyl (C=O) groups excluding carboxylic acids is 1. The monoisotopic (exact) mass is 470 g/mol. The third-order valence-corrected chi connectivity index (χ3v) is 6.52. The molecule has 0 aliphatic rings. The van der Waals surface area contributed by atoms with Crippen molar-refractivity contribution in [1.29, 1.82) is 0 Å². The number of carbonyl (C=O) groups is 1. The van der Waals surface area contributed by atoms with Crippen molar-refractivity contribution in [2.45, 2.75) is 24.9 Å². The summed E-state index contributed by atoms with van der Waals surface area (Å²) in [5, 5.41) is 3.20. The van der Waals surface area contributed by atoms with Crippen molar-refractivity contribution in [3.63, 3.8) is 0 Å². The molecule has 3 aromatic carbocycles. The van der Waals surface area contributed by atoms with E-state index in [1.165, 1.54) is 48.5 Å². The van der Waals surface area contributed by atoms with E-state index in [4.69, 9.17) is 4.42 Å². The van der Waals surface area contributed by atoms with E-state index in [2.05, 4.69) is 10.0 Å². The number of benzene rings is 3. The molecule has 0 atom stereocenters. The average Bonchev–Trinajstić information content (AvgIpc) is 3.12. The molecule has 0 bridgehead atoms. The molecule has 0 saturated heterocycles. The van der Waals surface area contributed by atoms with Crippen LogP contribution in [0, 0.1) is 18.6 Å². The smallest absolute Gasteiger partial charge is 0.287 e. The number of hydrogen-bond acceptors (Lipinski definition) is 4. The molecular formula is C24H20F2N2O4S. The van der Waals surface area contributed by atoms with Crippen LogP contribution in [-0.4, -0.2) is 14.3 Å². The van der Waals surface area contributed by atoms with Crippen LogP contribution >= 0.6 is 0 Å². The van der Waals surface area contributed by atoms with Gasteiger partial charge in [0, 0.05) is 24.0 Å². The highest BCUT2D eigenvalue weighted by atomic mass is 32.2. The van der Waals surface area contributed by atoms with Gasteiger partial charge in [0.25, 0.3) is 5.91 Å². The van der Waals surface area contributed by atoms with Gasteiger partial charge in [0.05, 0.1) is 4.90 Å². The fourth-order valence-corrected chi connectivity index (χ4v) is 4.49. The first-order valence-electron chi connectivity index (χ1n) is 10.0. The predicted octanol–water partition coefficient (Wildman–Crippen LogP) is 4.43. The molecule has 0 fully saturated rings. The van der Waals surface area contributed by atoms with E-state index in [0.29, 0.717) is 27.7 Å². The molecule has 9 heteroatoms. The van der Waals surface area contributed by atoms with Gasteiger partial charge >= 0.3 is 0 Å². The van der Waals surface area contributed by atoms with Crippen LogP contribution < -0.4 is 10.0 Å². The van der Waals surface area contributed by atoms with Gasteiger partial charge in [0.1, 0.15) is 17.2 Å². The van der Waals surface area contributed by atoms with Crippen molar-refractivity contribution in [3.8, 4) is 0 Å². The molecule has 0 unspecified atom stereocenters. The highest BCUT2D eigenvalue weighted by molar-refractivity contribution is 7.89. The minimum Gasteiger partial charge on any atom is -0.451 e. The molecule has 170 valence electrons. The standard InChI is InChI=1S/C24H20F2N2O4S/c1-15-21-12-19(26)8-9-22(21)32-23(15)24(29)27-13-17-5-3-7-20(11-17)33(30,31)28-14-16-4-2-6-18(25)10-16/h2-12,28H,13-14H2,1H3,(H,27,29). The van der Waals surface area contributed by atoms with Crippen LogP contribution in [0.5, 0.6) is 0 Å². The molecule has 4 aromatic rings. The molecule has 1 amide bonds. The molecule has 1 aromatic heterocycles. The van der Waals surface area contributed by atoms with Gasteiger partial charge < -0.3 is 9.73 Å². The highest BCUT2D eigenvalue weighted by Crippen LogP contribution is 2.26. The second-order valence-corrected chi connectivity index (χ2v) is 9.25.